The number of carbonyl (C=O) groups is 4. The van der Waals surface area contributed by atoms with Crippen molar-refractivity contribution >= 4 is 33.6 Å². The highest BCUT2D eigenvalue weighted by Crippen LogP contribution is 2.13. The van der Waals surface area contributed by atoms with Crippen LogP contribution in [0.4, 0.5) is 9.59 Å². The van der Waals surface area contributed by atoms with Gasteiger partial charge in [0, 0.05) is 12.5 Å². The highest BCUT2D eigenvalue weighted by atomic mass is 32.2. The number of nitrogens with one attached hydrogen (secondary N) is 2. The van der Waals surface area contributed by atoms with E-state index >= 15 is 0 Å². The van der Waals surface area contributed by atoms with E-state index in [-0.39, 0.29) is 11.8 Å². The molecule has 0 aromatic carbocycles. The number of amides is 4. The molecule has 2 atom stereocenters. The molecule has 0 unspecified atom stereocenters. The van der Waals surface area contributed by atoms with Crippen LogP contribution >= 0.6 is 0 Å². The van der Waals surface area contributed by atoms with E-state index in [0.717, 1.165) is 0 Å². The number of hydrogen-bond acceptors (Lipinski definition) is 6. The first kappa shape index (κ1) is 32.8. The lowest BCUT2D eigenvalue weighted by Crippen LogP contribution is -2.44. The first-order chi connectivity index (χ1) is 15.6. The summed E-state index contributed by atoms with van der Waals surface area (Å²) in [5, 5.41) is 5.17. The maximum atomic E-state index is 13.0. The molecule has 0 aromatic heterocycles. The monoisotopic (exact) mass is 518 g/mol. The van der Waals surface area contributed by atoms with E-state index < -0.39 is 56.9 Å². The molecular weight excluding hydrogens is 472 g/mol. The summed E-state index contributed by atoms with van der Waals surface area (Å²) in [6.45, 7) is 18.0. The first-order valence-electron chi connectivity index (χ1n) is 11.9. The van der Waals surface area contributed by atoms with Gasteiger partial charge in [-0.1, -0.05) is 27.7 Å². The van der Waals surface area contributed by atoms with Crippen LogP contribution in [0.3, 0.4) is 0 Å². The molecule has 204 valence electrons. The Morgan fingerprint density at radius 2 is 0.971 bits per heavy atom. The molecule has 0 aliphatic carbocycles. The molecule has 0 fully saturated rings. The number of carbonyl (C=O) groups excluding carboxylic acids is 4. The van der Waals surface area contributed by atoms with Crippen LogP contribution < -0.4 is 10.6 Å². The van der Waals surface area contributed by atoms with Crippen molar-refractivity contribution < 1.29 is 28.7 Å². The minimum atomic E-state index is -2.42. The maximum absolute atomic E-state index is 13.0. The fourth-order valence-corrected chi connectivity index (χ4v) is 4.05. The van der Waals surface area contributed by atoms with E-state index in [0.29, 0.717) is 12.8 Å². The minimum absolute atomic E-state index is 0.0965. The number of ether oxygens (including phenoxy) is 2. The van der Waals surface area contributed by atoms with Gasteiger partial charge in [0.1, 0.15) is 23.3 Å². The standard InChI is InChI=1S/C24H46N4O6S/c1-15(2)13-17(25-21(31)33-23(5,6)7)19(29)27-35(11,12)28-20(30)18(14-16(3)4)26-22(32)34-24(8,9)10/h15-18H,13-14H2,1-12H3,(H,25,31)(H,26,32)/t17-,18-/m0/s1. The van der Waals surface area contributed by atoms with Crippen molar-refractivity contribution in [2.45, 2.75) is 105 Å². The maximum Gasteiger partial charge on any atom is 0.408 e. The van der Waals surface area contributed by atoms with E-state index in [2.05, 4.69) is 19.4 Å². The molecule has 0 spiro atoms. The molecule has 0 radical (unpaired) electrons. The summed E-state index contributed by atoms with van der Waals surface area (Å²) in [6.07, 6.45) is 2.46. The lowest BCUT2D eigenvalue weighted by atomic mass is 10.0. The lowest BCUT2D eigenvalue weighted by molar-refractivity contribution is -0.120. The van der Waals surface area contributed by atoms with Crippen LogP contribution in [0, 0.1) is 11.8 Å². The second-order valence-corrected chi connectivity index (χ2v) is 14.5. The molecule has 0 aliphatic rings. The van der Waals surface area contributed by atoms with Crippen molar-refractivity contribution in [3.8, 4) is 0 Å². The zero-order valence-corrected chi connectivity index (χ0v) is 24.3. The van der Waals surface area contributed by atoms with E-state index in [4.69, 9.17) is 9.47 Å². The molecule has 0 heterocycles. The van der Waals surface area contributed by atoms with Crippen LogP contribution in [-0.4, -0.2) is 59.8 Å². The summed E-state index contributed by atoms with van der Waals surface area (Å²) in [6, 6.07) is -1.82. The van der Waals surface area contributed by atoms with Gasteiger partial charge in [-0.15, -0.1) is 0 Å². The Kier molecular flexibility index (Phi) is 12.4. The van der Waals surface area contributed by atoms with Crippen LogP contribution in [0.25, 0.3) is 0 Å². The third-order valence-electron chi connectivity index (χ3n) is 4.02. The topological polar surface area (TPSA) is 136 Å². The Morgan fingerprint density at radius 1 is 0.686 bits per heavy atom. The average molecular weight is 519 g/mol. The molecule has 4 amide bonds. The Labute approximate surface area is 211 Å². The van der Waals surface area contributed by atoms with Gasteiger partial charge in [-0.3, -0.25) is 9.59 Å². The predicted octanol–water partition coefficient (Wildman–Crippen LogP) is 4.70. The molecular formula is C24H46N4O6S. The summed E-state index contributed by atoms with van der Waals surface area (Å²) < 4.78 is 18.9. The third kappa shape index (κ3) is 16.2. The van der Waals surface area contributed by atoms with Gasteiger partial charge in [-0.2, -0.15) is 8.73 Å². The van der Waals surface area contributed by atoms with Crippen molar-refractivity contribution in [2.75, 3.05) is 12.5 Å². The lowest BCUT2D eigenvalue weighted by Gasteiger charge is -2.23. The van der Waals surface area contributed by atoms with Crippen molar-refractivity contribution in [1.29, 1.82) is 0 Å². The van der Waals surface area contributed by atoms with E-state index in [9.17, 15) is 19.2 Å². The summed E-state index contributed by atoms with van der Waals surface area (Å²) in [5.41, 5.74) is -1.43. The summed E-state index contributed by atoms with van der Waals surface area (Å²) >= 11 is 0. The Morgan fingerprint density at radius 3 is 1.20 bits per heavy atom. The highest BCUT2D eigenvalue weighted by Gasteiger charge is 2.27. The Hall–Kier alpha value is -2.17. The van der Waals surface area contributed by atoms with Crippen LogP contribution in [0.15, 0.2) is 8.73 Å². The zero-order chi connectivity index (χ0) is 27.8. The van der Waals surface area contributed by atoms with Gasteiger partial charge in [0.05, 0.1) is 0 Å². The van der Waals surface area contributed by atoms with Crippen molar-refractivity contribution in [3.05, 3.63) is 0 Å². The molecule has 11 heteroatoms. The molecule has 35 heavy (non-hydrogen) atoms. The molecule has 2 N–H and O–H groups in total. The second-order valence-electron chi connectivity index (χ2n) is 11.7. The van der Waals surface area contributed by atoms with Gasteiger partial charge >= 0.3 is 12.2 Å². The number of hydrogen-bond donors (Lipinski definition) is 2. The smallest absolute Gasteiger partial charge is 0.408 e. The predicted molar refractivity (Wildman–Crippen MR) is 139 cm³/mol. The molecule has 0 saturated heterocycles. The highest BCUT2D eigenvalue weighted by molar-refractivity contribution is 7.95. The van der Waals surface area contributed by atoms with Gasteiger partial charge in [0.15, 0.2) is 0 Å². The van der Waals surface area contributed by atoms with Gasteiger partial charge < -0.3 is 20.1 Å². The quantitative estimate of drug-likeness (QED) is 0.478. The van der Waals surface area contributed by atoms with Crippen molar-refractivity contribution in [1.82, 2.24) is 10.6 Å². The first-order valence-corrected chi connectivity index (χ1v) is 14.2. The summed E-state index contributed by atoms with van der Waals surface area (Å²) in [4.78, 5) is 50.4. The van der Waals surface area contributed by atoms with E-state index in [1.807, 2.05) is 27.7 Å². The van der Waals surface area contributed by atoms with Crippen molar-refractivity contribution in [3.63, 3.8) is 0 Å². The number of rotatable bonds is 8. The van der Waals surface area contributed by atoms with Gasteiger partial charge in [-0.05, 0) is 75.8 Å². The fraction of sp³-hybridized carbons (Fsp3) is 0.833. The molecule has 0 saturated carbocycles. The Bertz CT molecular complexity index is 815. The second kappa shape index (κ2) is 13.2. The molecule has 0 aromatic rings. The van der Waals surface area contributed by atoms with Crippen LogP contribution in [0.1, 0.15) is 82.1 Å². The number of alkyl carbamates (subject to hydrolysis) is 2. The normalized spacial score (nSPS) is 14.1. The van der Waals surface area contributed by atoms with Crippen LogP contribution in [0.5, 0.6) is 0 Å². The van der Waals surface area contributed by atoms with Crippen LogP contribution in [-0.2, 0) is 28.7 Å². The molecule has 10 nitrogen and oxygen atoms in total. The minimum Gasteiger partial charge on any atom is -0.444 e. The fourth-order valence-electron chi connectivity index (χ4n) is 2.87. The largest absolute Gasteiger partial charge is 0.444 e. The average Bonchev–Trinajstić information content (AvgIpc) is 2.55. The van der Waals surface area contributed by atoms with Gasteiger partial charge in [-0.25, -0.2) is 9.59 Å². The molecule has 0 rings (SSSR count). The molecule has 0 aliphatic heterocycles. The Balaban J connectivity index is 5.88. The van der Waals surface area contributed by atoms with Crippen LogP contribution in [0.2, 0.25) is 0 Å². The third-order valence-corrected chi connectivity index (χ3v) is 5.27. The summed E-state index contributed by atoms with van der Waals surface area (Å²) in [7, 11) is -2.42. The number of nitrogens with zero attached hydrogens (tertiary/aromatic N) is 2. The van der Waals surface area contributed by atoms with E-state index in [1.165, 1.54) is 0 Å². The zero-order valence-electron chi connectivity index (χ0n) is 23.5. The van der Waals surface area contributed by atoms with Crippen molar-refractivity contribution in [2.24, 2.45) is 20.6 Å². The SMILES string of the molecule is CC(C)C[C@H](NC(=O)OC(C)(C)C)C(=O)N=S(C)(C)=NC(=O)[C@H](CC(C)C)NC(=O)OC(C)(C)C. The van der Waals surface area contributed by atoms with Gasteiger partial charge in [0.2, 0.25) is 0 Å². The van der Waals surface area contributed by atoms with Gasteiger partial charge in [0.25, 0.3) is 11.8 Å². The summed E-state index contributed by atoms with van der Waals surface area (Å²) in [5.74, 6) is -0.971. The molecule has 0 bridgehead atoms. The van der Waals surface area contributed by atoms with E-state index in [1.54, 1.807) is 54.1 Å².